The van der Waals surface area contributed by atoms with Crippen LogP contribution in [0.3, 0.4) is 0 Å². The molecule has 7 nitrogen and oxygen atoms in total. The van der Waals surface area contributed by atoms with Gasteiger partial charge in [-0.2, -0.15) is 5.10 Å². The van der Waals surface area contributed by atoms with Crippen LogP contribution in [-0.2, 0) is 20.7 Å². The Kier molecular flexibility index (Phi) is 5.86. The van der Waals surface area contributed by atoms with Crippen molar-refractivity contribution in [3.63, 3.8) is 0 Å². The van der Waals surface area contributed by atoms with E-state index < -0.39 is 0 Å². The Hall–Kier alpha value is -1.44. The molecule has 0 unspecified atom stereocenters. The van der Waals surface area contributed by atoms with Crippen molar-refractivity contribution in [1.29, 1.82) is 0 Å². The zero-order valence-corrected chi connectivity index (χ0v) is 14.7. The predicted octanol–water partition coefficient (Wildman–Crippen LogP) is 0.519. The average Bonchev–Trinajstić information content (AvgIpc) is 2.79. The third kappa shape index (κ3) is 4.34. The van der Waals surface area contributed by atoms with Crippen LogP contribution < -0.4 is 0 Å². The van der Waals surface area contributed by atoms with E-state index in [1.165, 1.54) is 0 Å². The summed E-state index contributed by atoms with van der Waals surface area (Å²) < 4.78 is 11.4. The van der Waals surface area contributed by atoms with Crippen LogP contribution in [0, 0.1) is 13.8 Å². The van der Waals surface area contributed by atoms with Gasteiger partial charge in [-0.3, -0.25) is 14.8 Å². The Bertz CT molecular complexity index is 535. The molecule has 24 heavy (non-hydrogen) atoms. The number of aryl methyl sites for hydroxylation is 2. The van der Waals surface area contributed by atoms with Gasteiger partial charge in [-0.1, -0.05) is 0 Å². The quantitative estimate of drug-likeness (QED) is 0.868. The highest BCUT2D eigenvalue weighted by molar-refractivity contribution is 5.79. The summed E-state index contributed by atoms with van der Waals surface area (Å²) in [5.74, 6) is 0.167. The van der Waals surface area contributed by atoms with E-state index in [-0.39, 0.29) is 12.0 Å². The molecule has 0 aliphatic carbocycles. The predicted molar refractivity (Wildman–Crippen MR) is 90.0 cm³/mol. The van der Waals surface area contributed by atoms with E-state index in [4.69, 9.17) is 9.47 Å². The van der Waals surface area contributed by atoms with Crippen LogP contribution in [0.1, 0.15) is 23.4 Å². The molecule has 1 amide bonds. The summed E-state index contributed by atoms with van der Waals surface area (Å²) in [7, 11) is 0. The van der Waals surface area contributed by atoms with E-state index >= 15 is 0 Å². The fraction of sp³-hybridized carbons (Fsp3) is 0.765. The van der Waals surface area contributed by atoms with Gasteiger partial charge in [0.25, 0.3) is 0 Å². The molecule has 7 heteroatoms. The highest BCUT2D eigenvalue weighted by Crippen LogP contribution is 2.14. The minimum atomic E-state index is 0.0843. The second kappa shape index (κ2) is 8.09. The minimum Gasteiger partial charge on any atom is -0.379 e. The van der Waals surface area contributed by atoms with Gasteiger partial charge in [0.1, 0.15) is 0 Å². The normalized spacial score (nSPS) is 23.2. The molecule has 1 aromatic heterocycles. The molecule has 134 valence electrons. The first-order valence-electron chi connectivity index (χ1n) is 8.83. The zero-order valence-electron chi connectivity index (χ0n) is 14.7. The van der Waals surface area contributed by atoms with E-state index in [0.29, 0.717) is 13.0 Å². The highest BCUT2D eigenvalue weighted by atomic mass is 16.5. The standard InChI is InChI=1S/C17H28N4O3/c1-13-16(14(2)19-18-13)10-17(22)21-4-3-7-24-15(12-21)11-20-5-8-23-9-6-20/h15H,3-12H2,1-2H3,(H,18,19)/t15-/m0/s1. The van der Waals surface area contributed by atoms with Gasteiger partial charge >= 0.3 is 0 Å². The van der Waals surface area contributed by atoms with Crippen molar-refractivity contribution >= 4 is 5.91 Å². The topological polar surface area (TPSA) is 70.7 Å². The number of hydrogen-bond donors (Lipinski definition) is 1. The molecular formula is C17H28N4O3. The van der Waals surface area contributed by atoms with Crippen molar-refractivity contribution in [2.75, 3.05) is 52.5 Å². The van der Waals surface area contributed by atoms with Crippen LogP contribution in [0.2, 0.25) is 0 Å². The molecule has 0 aromatic carbocycles. The van der Waals surface area contributed by atoms with Gasteiger partial charge in [0.2, 0.25) is 5.91 Å². The van der Waals surface area contributed by atoms with Crippen LogP contribution in [0.15, 0.2) is 0 Å². The lowest BCUT2D eigenvalue weighted by molar-refractivity contribution is -0.131. The van der Waals surface area contributed by atoms with Crippen molar-refractivity contribution in [3.8, 4) is 0 Å². The highest BCUT2D eigenvalue weighted by Gasteiger charge is 2.26. The maximum Gasteiger partial charge on any atom is 0.227 e. The number of rotatable bonds is 4. The van der Waals surface area contributed by atoms with Crippen molar-refractivity contribution in [3.05, 3.63) is 17.0 Å². The number of nitrogens with zero attached hydrogens (tertiary/aromatic N) is 3. The van der Waals surface area contributed by atoms with Crippen molar-refractivity contribution in [2.24, 2.45) is 0 Å². The zero-order chi connectivity index (χ0) is 16.9. The molecule has 1 atom stereocenters. The Labute approximate surface area is 143 Å². The first-order chi connectivity index (χ1) is 11.6. The molecule has 2 fully saturated rings. The summed E-state index contributed by atoms with van der Waals surface area (Å²) in [5, 5.41) is 7.14. The molecule has 2 aliphatic rings. The lowest BCUT2D eigenvalue weighted by atomic mass is 10.1. The fourth-order valence-electron chi connectivity index (χ4n) is 3.40. The van der Waals surface area contributed by atoms with E-state index in [0.717, 1.165) is 69.4 Å². The maximum absolute atomic E-state index is 12.8. The number of amides is 1. The molecule has 0 spiro atoms. The molecule has 0 bridgehead atoms. The Morgan fingerprint density at radius 3 is 2.75 bits per heavy atom. The average molecular weight is 336 g/mol. The van der Waals surface area contributed by atoms with E-state index in [2.05, 4.69) is 15.1 Å². The first-order valence-corrected chi connectivity index (χ1v) is 8.83. The number of carbonyl (C=O) groups excluding carboxylic acids is 1. The largest absolute Gasteiger partial charge is 0.379 e. The second-order valence-corrected chi connectivity index (χ2v) is 6.69. The van der Waals surface area contributed by atoms with Crippen molar-refractivity contribution in [1.82, 2.24) is 20.0 Å². The number of hydrogen-bond acceptors (Lipinski definition) is 5. The van der Waals surface area contributed by atoms with Crippen LogP contribution >= 0.6 is 0 Å². The van der Waals surface area contributed by atoms with Crippen LogP contribution in [-0.4, -0.2) is 84.6 Å². The van der Waals surface area contributed by atoms with Gasteiger partial charge in [-0.15, -0.1) is 0 Å². The monoisotopic (exact) mass is 336 g/mol. The third-order valence-corrected chi connectivity index (χ3v) is 4.88. The van der Waals surface area contributed by atoms with Gasteiger partial charge in [-0.25, -0.2) is 0 Å². The molecule has 2 saturated heterocycles. The molecule has 1 N–H and O–H groups in total. The Morgan fingerprint density at radius 2 is 2.04 bits per heavy atom. The fourth-order valence-corrected chi connectivity index (χ4v) is 3.40. The van der Waals surface area contributed by atoms with Crippen molar-refractivity contribution < 1.29 is 14.3 Å². The van der Waals surface area contributed by atoms with Gasteiger partial charge in [0.15, 0.2) is 0 Å². The molecule has 0 saturated carbocycles. The third-order valence-electron chi connectivity index (χ3n) is 4.88. The molecule has 0 radical (unpaired) electrons. The van der Waals surface area contributed by atoms with Gasteiger partial charge < -0.3 is 14.4 Å². The summed E-state index contributed by atoms with van der Waals surface area (Å²) >= 11 is 0. The van der Waals surface area contributed by atoms with Gasteiger partial charge in [-0.05, 0) is 20.3 Å². The number of carbonyl (C=O) groups is 1. The summed E-state index contributed by atoms with van der Waals surface area (Å²) in [5.41, 5.74) is 2.92. The summed E-state index contributed by atoms with van der Waals surface area (Å²) in [6.45, 7) is 10.4. The number of morpholine rings is 1. The Balaban J connectivity index is 1.58. The number of ether oxygens (including phenoxy) is 2. The van der Waals surface area contributed by atoms with E-state index in [1.807, 2.05) is 18.7 Å². The second-order valence-electron chi connectivity index (χ2n) is 6.69. The SMILES string of the molecule is Cc1n[nH]c(C)c1CC(=O)N1CCCO[C@@H](CN2CCOCC2)C1. The number of nitrogens with one attached hydrogen (secondary N) is 1. The molecular weight excluding hydrogens is 308 g/mol. The number of aromatic nitrogens is 2. The van der Waals surface area contributed by atoms with Gasteiger partial charge in [0, 0.05) is 50.6 Å². The van der Waals surface area contributed by atoms with E-state index in [9.17, 15) is 4.79 Å². The smallest absolute Gasteiger partial charge is 0.227 e. The summed E-state index contributed by atoms with van der Waals surface area (Å²) in [6, 6.07) is 0. The maximum atomic E-state index is 12.8. The minimum absolute atomic E-state index is 0.0843. The number of aromatic amines is 1. The first kappa shape index (κ1) is 17.4. The van der Waals surface area contributed by atoms with E-state index in [1.54, 1.807) is 0 Å². The molecule has 2 aliphatic heterocycles. The van der Waals surface area contributed by atoms with Crippen LogP contribution in [0.25, 0.3) is 0 Å². The summed E-state index contributed by atoms with van der Waals surface area (Å²) in [6.07, 6.45) is 1.40. The van der Waals surface area contributed by atoms with Crippen LogP contribution in [0.4, 0.5) is 0 Å². The number of H-pyrrole nitrogens is 1. The van der Waals surface area contributed by atoms with Crippen molar-refractivity contribution in [2.45, 2.75) is 32.8 Å². The molecule has 1 aromatic rings. The lowest BCUT2D eigenvalue weighted by Crippen LogP contribution is -2.46. The lowest BCUT2D eigenvalue weighted by Gasteiger charge is -2.31. The van der Waals surface area contributed by atoms with Gasteiger partial charge in [0.05, 0.1) is 31.4 Å². The molecule has 3 rings (SSSR count). The van der Waals surface area contributed by atoms with Crippen LogP contribution in [0.5, 0.6) is 0 Å². The summed E-state index contributed by atoms with van der Waals surface area (Å²) in [4.78, 5) is 17.1. The Morgan fingerprint density at radius 1 is 1.25 bits per heavy atom. The molecule has 3 heterocycles.